The van der Waals surface area contributed by atoms with Crippen LogP contribution < -0.4 is 5.32 Å². The molecule has 0 aliphatic heterocycles. The summed E-state index contributed by atoms with van der Waals surface area (Å²) >= 11 is 12.4. The maximum absolute atomic E-state index is 12.7. The molecule has 0 fully saturated rings. The van der Waals surface area contributed by atoms with Crippen molar-refractivity contribution >= 4 is 35.2 Å². The molecule has 6 heteroatoms. The lowest BCUT2D eigenvalue weighted by Crippen LogP contribution is -2.27. The normalized spacial score (nSPS) is 12.3. The highest BCUT2D eigenvalue weighted by Crippen LogP contribution is 2.29. The number of rotatable bonds is 5. The summed E-state index contributed by atoms with van der Waals surface area (Å²) in [6.45, 7) is 5.75. The molecule has 1 aromatic heterocycles. The minimum Gasteiger partial charge on any atom is -0.345 e. The number of aromatic nitrogens is 1. The molecule has 0 saturated carbocycles. The molecule has 2 aromatic carbocycles. The van der Waals surface area contributed by atoms with Gasteiger partial charge in [0.05, 0.1) is 16.8 Å². The van der Waals surface area contributed by atoms with Crippen molar-refractivity contribution in [3.05, 3.63) is 92.7 Å². The second-order valence-electron chi connectivity index (χ2n) is 7.03. The third-order valence-electron chi connectivity index (χ3n) is 4.93. The molecule has 0 aliphatic rings. The van der Waals surface area contributed by atoms with Crippen LogP contribution in [0, 0.1) is 25.2 Å². The van der Waals surface area contributed by atoms with Gasteiger partial charge in [0.15, 0.2) is 0 Å². The molecule has 30 heavy (non-hydrogen) atoms. The van der Waals surface area contributed by atoms with Crippen LogP contribution in [0.15, 0.2) is 60.2 Å². The van der Waals surface area contributed by atoms with Crippen molar-refractivity contribution in [3.63, 3.8) is 0 Å². The Balaban J connectivity index is 1.91. The molecule has 152 valence electrons. The van der Waals surface area contributed by atoms with Crippen LogP contribution in [0.2, 0.25) is 10.0 Å². The molecule has 0 bridgehead atoms. The lowest BCUT2D eigenvalue weighted by molar-refractivity contribution is -0.117. The Kier molecular flexibility index (Phi) is 6.66. The fourth-order valence-electron chi connectivity index (χ4n) is 3.37. The van der Waals surface area contributed by atoms with Crippen molar-refractivity contribution in [1.82, 2.24) is 9.88 Å². The van der Waals surface area contributed by atoms with Crippen molar-refractivity contribution in [1.29, 1.82) is 5.26 Å². The zero-order valence-electron chi connectivity index (χ0n) is 16.9. The van der Waals surface area contributed by atoms with Crippen LogP contribution >= 0.6 is 23.2 Å². The summed E-state index contributed by atoms with van der Waals surface area (Å²) in [4.78, 5) is 12.7. The van der Waals surface area contributed by atoms with Gasteiger partial charge in [-0.3, -0.25) is 4.79 Å². The van der Waals surface area contributed by atoms with Crippen molar-refractivity contribution in [3.8, 4) is 11.8 Å². The summed E-state index contributed by atoms with van der Waals surface area (Å²) < 4.78 is 1.98. The van der Waals surface area contributed by atoms with E-state index in [9.17, 15) is 10.1 Å². The molecule has 4 nitrogen and oxygen atoms in total. The summed E-state index contributed by atoms with van der Waals surface area (Å²) in [7, 11) is 0. The van der Waals surface area contributed by atoms with Crippen molar-refractivity contribution in [2.75, 3.05) is 0 Å². The number of nitrogens with one attached hydrogen (secondary N) is 1. The highest BCUT2D eigenvalue weighted by Gasteiger charge is 2.17. The number of carbonyl (C=O) groups excluding carboxylic acids is 1. The number of hydrogen-bond donors (Lipinski definition) is 1. The number of halogens is 2. The summed E-state index contributed by atoms with van der Waals surface area (Å²) in [6.07, 6.45) is 1.61. The molecule has 0 spiro atoms. The largest absolute Gasteiger partial charge is 0.345 e. The highest BCUT2D eigenvalue weighted by atomic mass is 35.5. The Hall–Kier alpha value is -3.00. The maximum Gasteiger partial charge on any atom is 0.262 e. The Morgan fingerprint density at radius 2 is 1.83 bits per heavy atom. The second kappa shape index (κ2) is 9.21. The molecule has 3 aromatic rings. The molecule has 0 aliphatic carbocycles. The van der Waals surface area contributed by atoms with Gasteiger partial charge in [0.25, 0.3) is 5.91 Å². The Morgan fingerprint density at radius 1 is 1.13 bits per heavy atom. The fourth-order valence-corrected chi connectivity index (χ4v) is 3.86. The summed E-state index contributed by atoms with van der Waals surface area (Å²) in [6, 6.07) is 18.6. The summed E-state index contributed by atoms with van der Waals surface area (Å²) in [5.74, 6) is -0.414. The van der Waals surface area contributed by atoms with E-state index >= 15 is 0 Å². The van der Waals surface area contributed by atoms with Gasteiger partial charge in [-0.05, 0) is 62.2 Å². The van der Waals surface area contributed by atoms with Gasteiger partial charge in [-0.25, -0.2) is 0 Å². The smallest absolute Gasteiger partial charge is 0.262 e. The number of nitriles is 1. The van der Waals surface area contributed by atoms with Crippen LogP contribution in [0.3, 0.4) is 0 Å². The van der Waals surface area contributed by atoms with E-state index in [0.29, 0.717) is 10.0 Å². The van der Waals surface area contributed by atoms with Crippen molar-refractivity contribution in [2.45, 2.75) is 26.8 Å². The summed E-state index contributed by atoms with van der Waals surface area (Å²) in [5, 5.41) is 13.5. The molecule has 1 atom stereocenters. The number of benzene rings is 2. The Morgan fingerprint density at radius 3 is 2.47 bits per heavy atom. The van der Waals surface area contributed by atoms with Crippen LogP contribution in [-0.2, 0) is 4.79 Å². The number of amides is 1. The number of aryl methyl sites for hydroxylation is 1. The molecular formula is C24H21Cl2N3O. The van der Waals surface area contributed by atoms with Gasteiger partial charge in [0, 0.05) is 16.4 Å². The molecular weight excluding hydrogens is 417 g/mol. The average Bonchev–Trinajstić information content (AvgIpc) is 3.00. The molecule has 1 heterocycles. The molecule has 0 unspecified atom stereocenters. The molecule has 3 rings (SSSR count). The average molecular weight is 438 g/mol. The summed E-state index contributed by atoms with van der Waals surface area (Å²) in [5.41, 5.74) is 4.37. The van der Waals surface area contributed by atoms with Crippen molar-refractivity contribution < 1.29 is 4.79 Å². The standard InChI is InChI=1S/C24H21Cl2N3O/c1-15-11-19(17(3)29(15)23-10-9-21(25)13-22(23)26)12-20(14-27)24(30)28-16(2)18-7-5-4-6-8-18/h4-13,16H,1-3H3,(H,28,30)/b20-12-/t16-/m0/s1. The first-order chi connectivity index (χ1) is 14.3. The van der Waals surface area contributed by atoms with Gasteiger partial charge in [-0.1, -0.05) is 53.5 Å². The van der Waals surface area contributed by atoms with E-state index in [1.807, 2.05) is 73.9 Å². The van der Waals surface area contributed by atoms with Crippen LogP contribution in [-0.4, -0.2) is 10.5 Å². The van der Waals surface area contributed by atoms with E-state index in [2.05, 4.69) is 5.32 Å². The van der Waals surface area contributed by atoms with Crippen LogP contribution in [0.4, 0.5) is 0 Å². The monoisotopic (exact) mass is 437 g/mol. The minimum absolute atomic E-state index is 0.0419. The zero-order valence-corrected chi connectivity index (χ0v) is 18.4. The van der Waals surface area contributed by atoms with E-state index < -0.39 is 5.91 Å². The van der Waals surface area contributed by atoms with Gasteiger partial charge in [0.1, 0.15) is 11.6 Å². The number of nitrogens with zero attached hydrogens (tertiary/aromatic N) is 2. The molecule has 0 saturated heterocycles. The first kappa shape index (κ1) is 21.7. The van der Waals surface area contributed by atoms with E-state index in [1.54, 1.807) is 18.2 Å². The first-order valence-electron chi connectivity index (χ1n) is 9.43. The van der Waals surface area contributed by atoms with Gasteiger partial charge in [-0.15, -0.1) is 0 Å². The van der Waals surface area contributed by atoms with E-state index in [0.717, 1.165) is 28.2 Å². The maximum atomic E-state index is 12.7. The van der Waals surface area contributed by atoms with Gasteiger partial charge < -0.3 is 9.88 Å². The lowest BCUT2D eigenvalue weighted by Gasteiger charge is -2.14. The van der Waals surface area contributed by atoms with Crippen LogP contribution in [0.5, 0.6) is 0 Å². The third-order valence-corrected chi connectivity index (χ3v) is 5.47. The molecule has 0 radical (unpaired) electrons. The number of hydrogen-bond acceptors (Lipinski definition) is 2. The Bertz CT molecular complexity index is 1160. The SMILES string of the molecule is Cc1cc(/C=C(/C#N)C(=O)N[C@@H](C)c2ccccc2)c(C)n1-c1ccc(Cl)cc1Cl. The number of carbonyl (C=O) groups is 1. The zero-order chi connectivity index (χ0) is 21.8. The fraction of sp³-hybridized carbons (Fsp3) is 0.167. The lowest BCUT2D eigenvalue weighted by atomic mass is 10.1. The van der Waals surface area contributed by atoms with E-state index in [1.165, 1.54) is 0 Å². The molecule has 1 amide bonds. The van der Waals surface area contributed by atoms with Gasteiger partial charge in [0.2, 0.25) is 0 Å². The van der Waals surface area contributed by atoms with E-state index in [-0.39, 0.29) is 11.6 Å². The predicted molar refractivity (Wildman–Crippen MR) is 122 cm³/mol. The van der Waals surface area contributed by atoms with E-state index in [4.69, 9.17) is 23.2 Å². The highest BCUT2D eigenvalue weighted by molar-refractivity contribution is 6.35. The third kappa shape index (κ3) is 4.59. The Labute approximate surface area is 186 Å². The quantitative estimate of drug-likeness (QED) is 0.382. The minimum atomic E-state index is -0.414. The van der Waals surface area contributed by atoms with Gasteiger partial charge in [-0.2, -0.15) is 5.26 Å². The molecule has 1 N–H and O–H groups in total. The second-order valence-corrected chi connectivity index (χ2v) is 7.88. The van der Waals surface area contributed by atoms with Crippen molar-refractivity contribution in [2.24, 2.45) is 0 Å². The predicted octanol–water partition coefficient (Wildman–Crippen LogP) is 6.19. The topological polar surface area (TPSA) is 57.8 Å². The van der Waals surface area contributed by atoms with Gasteiger partial charge >= 0.3 is 0 Å². The first-order valence-corrected chi connectivity index (χ1v) is 10.2. The van der Waals surface area contributed by atoms with Crippen LogP contribution in [0.25, 0.3) is 11.8 Å². The van der Waals surface area contributed by atoms with Crippen LogP contribution in [0.1, 0.15) is 35.5 Å².